The summed E-state index contributed by atoms with van der Waals surface area (Å²) < 4.78 is 68.6. The quantitative estimate of drug-likeness (QED) is 0.0222. The number of esters is 4. The lowest BCUT2D eigenvalue weighted by Crippen LogP contribution is -2.30. The van der Waals surface area contributed by atoms with E-state index in [0.717, 1.165) is 102 Å². The number of carbonyl (C=O) groups is 4. The Balaban J connectivity index is 5.21. The molecule has 0 fully saturated rings. The molecule has 0 heterocycles. The lowest BCUT2D eigenvalue weighted by molar-refractivity contribution is -0.161. The fourth-order valence-electron chi connectivity index (χ4n) is 12.4. The Kier molecular flexibility index (Phi) is 70.3. The predicted octanol–water partition coefficient (Wildman–Crippen LogP) is 23.9. The van der Waals surface area contributed by atoms with Crippen LogP contribution in [0.1, 0.15) is 420 Å². The second-order valence-electron chi connectivity index (χ2n) is 29.8. The molecule has 3 N–H and O–H groups in total. The Morgan fingerprint density at radius 3 is 0.687 bits per heavy atom. The zero-order chi connectivity index (χ0) is 72.8. The normalized spacial score (nSPS) is 13.9. The maximum absolute atomic E-state index is 13.1. The predicted molar refractivity (Wildman–Crippen MR) is 405 cm³/mol. The maximum Gasteiger partial charge on any atom is 0.472 e. The van der Waals surface area contributed by atoms with Crippen LogP contribution in [-0.4, -0.2) is 96.7 Å². The van der Waals surface area contributed by atoms with E-state index < -0.39 is 97.5 Å². The van der Waals surface area contributed by atoms with Gasteiger partial charge in [0, 0.05) is 25.7 Å². The van der Waals surface area contributed by atoms with Gasteiger partial charge in [-0.3, -0.25) is 37.3 Å². The number of hydrogen-bond donors (Lipinski definition) is 3. The van der Waals surface area contributed by atoms with Crippen molar-refractivity contribution in [3.05, 3.63) is 0 Å². The summed E-state index contributed by atoms with van der Waals surface area (Å²) in [5.41, 5.74) is 0. The Hall–Kier alpha value is -1.94. The number of carbonyl (C=O) groups excluding carboxylic acids is 4. The number of unbranched alkanes of at least 4 members (excludes halogenated alkanes) is 49. The van der Waals surface area contributed by atoms with Crippen molar-refractivity contribution in [2.75, 3.05) is 39.6 Å². The average Bonchev–Trinajstić information content (AvgIpc) is 1.15. The molecule has 2 unspecified atom stereocenters. The third-order valence-corrected chi connectivity index (χ3v) is 20.6. The summed E-state index contributed by atoms with van der Waals surface area (Å²) in [6.45, 7) is 9.63. The van der Waals surface area contributed by atoms with Crippen molar-refractivity contribution in [3.63, 3.8) is 0 Å². The molecule has 99 heavy (non-hydrogen) atoms. The minimum atomic E-state index is -4.96. The lowest BCUT2D eigenvalue weighted by atomic mass is 10.0. The van der Waals surface area contributed by atoms with Crippen LogP contribution in [0.2, 0.25) is 0 Å². The first-order valence-electron chi connectivity index (χ1n) is 41.5. The summed E-state index contributed by atoms with van der Waals surface area (Å²) in [6.07, 6.45) is 61.1. The minimum Gasteiger partial charge on any atom is -0.462 e. The number of aliphatic hydroxyl groups is 1. The molecule has 588 valence electrons. The highest BCUT2D eigenvalue weighted by Gasteiger charge is 2.30. The Morgan fingerprint density at radius 1 is 0.273 bits per heavy atom. The van der Waals surface area contributed by atoms with E-state index in [1.54, 1.807) is 0 Å². The largest absolute Gasteiger partial charge is 0.472 e. The van der Waals surface area contributed by atoms with Crippen LogP contribution in [0.3, 0.4) is 0 Å². The van der Waals surface area contributed by atoms with Gasteiger partial charge in [0.25, 0.3) is 0 Å². The average molecular weight is 1450 g/mol. The van der Waals surface area contributed by atoms with E-state index >= 15 is 0 Å². The molecule has 0 saturated heterocycles. The Morgan fingerprint density at radius 2 is 0.465 bits per heavy atom. The van der Waals surface area contributed by atoms with E-state index in [0.29, 0.717) is 25.7 Å². The van der Waals surface area contributed by atoms with Gasteiger partial charge >= 0.3 is 39.5 Å². The summed E-state index contributed by atoms with van der Waals surface area (Å²) in [6, 6.07) is 0. The molecule has 19 heteroatoms. The molecule has 0 aliphatic rings. The molecule has 17 nitrogen and oxygen atoms in total. The first kappa shape index (κ1) is 97.1. The van der Waals surface area contributed by atoms with Gasteiger partial charge in [0.2, 0.25) is 0 Å². The van der Waals surface area contributed by atoms with Gasteiger partial charge in [0.05, 0.1) is 26.4 Å². The first-order valence-corrected chi connectivity index (χ1v) is 44.5. The van der Waals surface area contributed by atoms with Crippen LogP contribution in [0.4, 0.5) is 0 Å². The van der Waals surface area contributed by atoms with Crippen molar-refractivity contribution >= 4 is 39.5 Å². The molecule has 0 radical (unpaired) electrons. The maximum atomic E-state index is 13.1. The number of hydrogen-bond acceptors (Lipinski definition) is 15. The van der Waals surface area contributed by atoms with Crippen molar-refractivity contribution in [1.29, 1.82) is 0 Å². The molecule has 0 spiro atoms. The number of aliphatic hydroxyl groups excluding tert-OH is 1. The van der Waals surface area contributed by atoms with E-state index in [1.165, 1.54) is 238 Å². The molecule has 0 aromatic carbocycles. The summed E-state index contributed by atoms with van der Waals surface area (Å²) in [7, 11) is -9.92. The van der Waals surface area contributed by atoms with Crippen molar-refractivity contribution in [2.24, 2.45) is 11.8 Å². The van der Waals surface area contributed by atoms with Crippen LogP contribution in [0.15, 0.2) is 0 Å². The molecule has 0 bridgehead atoms. The van der Waals surface area contributed by atoms with Crippen LogP contribution in [0.5, 0.6) is 0 Å². The zero-order valence-corrected chi connectivity index (χ0v) is 66.6. The summed E-state index contributed by atoms with van der Waals surface area (Å²) in [4.78, 5) is 72.9. The molecule has 0 aromatic heterocycles. The van der Waals surface area contributed by atoms with E-state index in [1.807, 2.05) is 0 Å². The molecular formula is C80H156O17P2. The number of ether oxygens (including phenoxy) is 4. The first-order chi connectivity index (χ1) is 47.9. The minimum absolute atomic E-state index is 0.106. The fraction of sp³-hybridized carbons (Fsp3) is 0.950. The number of phosphoric ester groups is 2. The van der Waals surface area contributed by atoms with Crippen molar-refractivity contribution in [1.82, 2.24) is 0 Å². The molecular weight excluding hydrogens is 1290 g/mol. The van der Waals surface area contributed by atoms with E-state index in [4.69, 9.17) is 37.0 Å². The lowest BCUT2D eigenvalue weighted by Gasteiger charge is -2.21. The molecule has 0 aromatic rings. The van der Waals surface area contributed by atoms with Gasteiger partial charge in [-0.05, 0) is 37.5 Å². The van der Waals surface area contributed by atoms with Gasteiger partial charge in [0.1, 0.15) is 19.3 Å². The summed E-state index contributed by atoms with van der Waals surface area (Å²) >= 11 is 0. The number of rotatable bonds is 79. The van der Waals surface area contributed by atoms with Gasteiger partial charge in [-0.2, -0.15) is 0 Å². The Bertz CT molecular complexity index is 1910. The number of phosphoric acid groups is 2. The van der Waals surface area contributed by atoms with Gasteiger partial charge in [0.15, 0.2) is 12.2 Å². The van der Waals surface area contributed by atoms with Gasteiger partial charge in [-0.1, -0.05) is 369 Å². The summed E-state index contributed by atoms with van der Waals surface area (Å²) in [5.74, 6) is -0.553. The van der Waals surface area contributed by atoms with Crippen LogP contribution >= 0.6 is 15.6 Å². The summed E-state index contributed by atoms with van der Waals surface area (Å²) in [5, 5.41) is 10.6. The molecule has 5 atom stereocenters. The van der Waals surface area contributed by atoms with Crippen molar-refractivity contribution < 1.29 is 80.2 Å². The third kappa shape index (κ3) is 74.1. The molecule has 0 saturated carbocycles. The van der Waals surface area contributed by atoms with E-state index in [2.05, 4.69) is 41.5 Å². The highest BCUT2D eigenvalue weighted by atomic mass is 31.2. The van der Waals surface area contributed by atoms with Crippen LogP contribution in [-0.2, 0) is 65.4 Å². The molecule has 0 rings (SSSR count). The Labute approximate surface area is 607 Å². The molecule has 0 aliphatic carbocycles. The standard InChI is InChI=1S/C80H156O17P2/c1-7-9-11-13-15-17-19-20-21-27-30-33-39-45-51-57-63-78(83)91-69-75(96-79(84)64-58-52-46-40-34-31-28-25-23-22-24-26-29-32-36-42-48-54-60-72(3)4)70-94-98(86,87)92-66-74(81)67-93-99(88,89)95-71-76(68-90-77(82)62-56-50-44-38-18-16-14-12-10-8-2)97-80(85)65-59-53-47-41-35-37-43-49-55-61-73(5)6/h72-76,81H,7-71H2,1-6H3,(H,86,87)(H,88,89)/t74-,75-,76-/m1/s1. The highest BCUT2D eigenvalue weighted by molar-refractivity contribution is 7.47. The molecule has 0 aliphatic heterocycles. The van der Waals surface area contributed by atoms with E-state index in [-0.39, 0.29) is 25.7 Å². The fourth-order valence-corrected chi connectivity index (χ4v) is 13.9. The molecule has 0 amide bonds. The van der Waals surface area contributed by atoms with Crippen molar-refractivity contribution in [2.45, 2.75) is 439 Å². The van der Waals surface area contributed by atoms with Gasteiger partial charge < -0.3 is 33.8 Å². The topological polar surface area (TPSA) is 237 Å². The monoisotopic (exact) mass is 1450 g/mol. The van der Waals surface area contributed by atoms with Gasteiger partial charge in [-0.25, -0.2) is 9.13 Å². The highest BCUT2D eigenvalue weighted by Crippen LogP contribution is 2.45. The van der Waals surface area contributed by atoms with Crippen LogP contribution in [0, 0.1) is 11.8 Å². The SMILES string of the molecule is CCCCCCCCCCCCCCCCCCC(=O)OC[C@H](COP(=O)(O)OC[C@@H](O)COP(=O)(O)OC[C@@H](COC(=O)CCCCCCCCCCCC)OC(=O)CCCCCCCCCCCC(C)C)OC(=O)CCCCCCCCCCCCCCCCCCCCC(C)C. The van der Waals surface area contributed by atoms with Crippen molar-refractivity contribution in [3.8, 4) is 0 Å². The third-order valence-electron chi connectivity index (χ3n) is 18.7. The van der Waals surface area contributed by atoms with Gasteiger partial charge in [-0.15, -0.1) is 0 Å². The smallest absolute Gasteiger partial charge is 0.462 e. The van der Waals surface area contributed by atoms with Crippen LogP contribution in [0.25, 0.3) is 0 Å². The van der Waals surface area contributed by atoms with E-state index in [9.17, 15) is 43.2 Å². The zero-order valence-electron chi connectivity index (χ0n) is 64.8. The second-order valence-corrected chi connectivity index (χ2v) is 32.7. The second kappa shape index (κ2) is 71.7. The van der Waals surface area contributed by atoms with Crippen LogP contribution < -0.4 is 0 Å².